The van der Waals surface area contributed by atoms with Gasteiger partial charge >= 0.3 is 0 Å². The van der Waals surface area contributed by atoms with Gasteiger partial charge in [-0.1, -0.05) is 91.0 Å². The molecule has 0 N–H and O–H groups in total. The lowest BCUT2D eigenvalue weighted by Gasteiger charge is -2.14. The molecule has 0 saturated heterocycles. The van der Waals surface area contributed by atoms with Crippen molar-refractivity contribution in [1.29, 1.82) is 0 Å². The number of aromatic nitrogens is 4. The highest BCUT2D eigenvalue weighted by molar-refractivity contribution is 6.24. The highest BCUT2D eigenvalue weighted by Gasteiger charge is 2.22. The van der Waals surface area contributed by atoms with Crippen molar-refractivity contribution in [1.82, 2.24) is 19.5 Å². The average molecular weight is 589 g/mol. The molecule has 0 aliphatic heterocycles. The summed E-state index contributed by atoms with van der Waals surface area (Å²) in [5.41, 5.74) is 9.57. The predicted octanol–water partition coefficient (Wildman–Crippen LogP) is 10.5. The molecule has 4 aromatic heterocycles. The van der Waals surface area contributed by atoms with Gasteiger partial charge < -0.3 is 4.42 Å². The second-order valence-electron chi connectivity index (χ2n) is 11.7. The van der Waals surface area contributed by atoms with E-state index in [-0.39, 0.29) is 0 Å². The summed E-state index contributed by atoms with van der Waals surface area (Å²) in [6.07, 6.45) is 3.68. The van der Waals surface area contributed by atoms with E-state index in [9.17, 15) is 0 Å². The first-order valence-corrected chi connectivity index (χ1v) is 15.4. The maximum Gasteiger partial charge on any atom is 0.165 e. The Kier molecular flexibility index (Phi) is 5.22. The number of rotatable bonds is 3. The summed E-state index contributed by atoms with van der Waals surface area (Å²) in [6, 6.07) is 46.3. The molecule has 0 aliphatic carbocycles. The Balaban J connectivity index is 1.33. The molecule has 0 fully saturated rings. The standard InChI is InChI=1S/C41H24N4O/c1-2-10-29-26(8-1)19-20-35-39(29)32-23-38-31(30-11-3-6-14-37(30)46-38)22-36(32)45(35)41-40(43-33-12-4-5-13-34(33)44-41)27-17-15-25(16-18-27)28-9-7-21-42-24-28/h1-24H. The molecule has 0 radical (unpaired) electrons. The van der Waals surface area contributed by atoms with Crippen LogP contribution >= 0.6 is 0 Å². The molecule has 0 spiro atoms. The fourth-order valence-corrected chi connectivity index (χ4v) is 6.93. The van der Waals surface area contributed by atoms with Gasteiger partial charge in [0.1, 0.15) is 16.9 Å². The minimum Gasteiger partial charge on any atom is -0.456 e. The Bertz CT molecular complexity index is 2790. The molecule has 6 aromatic carbocycles. The van der Waals surface area contributed by atoms with Gasteiger partial charge in [-0.05, 0) is 64.4 Å². The lowest BCUT2D eigenvalue weighted by molar-refractivity contribution is 0.669. The number of para-hydroxylation sites is 3. The first-order chi connectivity index (χ1) is 22.8. The summed E-state index contributed by atoms with van der Waals surface area (Å²) < 4.78 is 8.69. The highest BCUT2D eigenvalue weighted by atomic mass is 16.3. The third kappa shape index (κ3) is 3.66. The van der Waals surface area contributed by atoms with Crippen LogP contribution in [0.25, 0.3) is 93.8 Å². The molecule has 10 aromatic rings. The van der Waals surface area contributed by atoms with E-state index >= 15 is 0 Å². The Hall–Kier alpha value is -6.33. The van der Waals surface area contributed by atoms with Crippen LogP contribution in [-0.4, -0.2) is 19.5 Å². The molecule has 0 amide bonds. The summed E-state index contributed by atoms with van der Waals surface area (Å²) >= 11 is 0. The molecule has 5 nitrogen and oxygen atoms in total. The van der Waals surface area contributed by atoms with Crippen molar-refractivity contribution in [3.05, 3.63) is 146 Å². The average Bonchev–Trinajstić information content (AvgIpc) is 3.65. The molecular weight excluding hydrogens is 564 g/mol. The molecule has 0 saturated carbocycles. The maximum atomic E-state index is 6.39. The fourth-order valence-electron chi connectivity index (χ4n) is 6.93. The van der Waals surface area contributed by atoms with E-state index in [1.165, 1.54) is 16.2 Å². The number of hydrogen-bond donors (Lipinski definition) is 0. The number of benzene rings is 6. The van der Waals surface area contributed by atoms with Crippen LogP contribution in [0.5, 0.6) is 0 Å². The van der Waals surface area contributed by atoms with Crippen molar-refractivity contribution in [3.8, 4) is 28.2 Å². The monoisotopic (exact) mass is 588 g/mol. The van der Waals surface area contributed by atoms with E-state index in [1.807, 2.05) is 48.7 Å². The fraction of sp³-hybridized carbons (Fsp3) is 0. The van der Waals surface area contributed by atoms with Crippen LogP contribution in [0.4, 0.5) is 0 Å². The first-order valence-electron chi connectivity index (χ1n) is 15.4. The number of pyridine rings is 1. The number of furan rings is 1. The van der Waals surface area contributed by atoms with Crippen LogP contribution in [-0.2, 0) is 0 Å². The normalized spacial score (nSPS) is 11.9. The highest BCUT2D eigenvalue weighted by Crippen LogP contribution is 2.42. The molecule has 0 bridgehead atoms. The Morgan fingerprint density at radius 2 is 1.26 bits per heavy atom. The van der Waals surface area contributed by atoms with E-state index in [4.69, 9.17) is 14.4 Å². The second kappa shape index (κ2) is 9.58. The largest absolute Gasteiger partial charge is 0.456 e. The summed E-state index contributed by atoms with van der Waals surface area (Å²) in [7, 11) is 0. The van der Waals surface area contributed by atoms with Crippen molar-refractivity contribution < 1.29 is 4.42 Å². The van der Waals surface area contributed by atoms with E-state index in [0.29, 0.717) is 0 Å². The van der Waals surface area contributed by atoms with Gasteiger partial charge in [0.15, 0.2) is 5.82 Å². The van der Waals surface area contributed by atoms with Crippen LogP contribution in [0.1, 0.15) is 0 Å². The molecule has 46 heavy (non-hydrogen) atoms. The van der Waals surface area contributed by atoms with Crippen LogP contribution in [0, 0.1) is 0 Å². The van der Waals surface area contributed by atoms with Gasteiger partial charge in [0.25, 0.3) is 0 Å². The van der Waals surface area contributed by atoms with Crippen molar-refractivity contribution in [2.75, 3.05) is 0 Å². The van der Waals surface area contributed by atoms with Crippen LogP contribution in [0.15, 0.2) is 150 Å². The second-order valence-corrected chi connectivity index (χ2v) is 11.7. The lowest BCUT2D eigenvalue weighted by atomic mass is 10.0. The van der Waals surface area contributed by atoms with Gasteiger partial charge in [0.05, 0.1) is 22.1 Å². The van der Waals surface area contributed by atoms with Crippen LogP contribution < -0.4 is 0 Å². The number of fused-ring (bicyclic) bond motifs is 9. The molecular formula is C41H24N4O. The summed E-state index contributed by atoms with van der Waals surface area (Å²) in [5, 5.41) is 6.84. The van der Waals surface area contributed by atoms with Crippen LogP contribution in [0.3, 0.4) is 0 Å². The summed E-state index contributed by atoms with van der Waals surface area (Å²) in [4.78, 5) is 14.9. The van der Waals surface area contributed by atoms with Gasteiger partial charge in [0.2, 0.25) is 0 Å². The molecule has 5 heteroatoms. The van der Waals surface area contributed by atoms with Gasteiger partial charge in [-0.3, -0.25) is 9.55 Å². The van der Waals surface area contributed by atoms with Crippen molar-refractivity contribution in [3.63, 3.8) is 0 Å². The summed E-state index contributed by atoms with van der Waals surface area (Å²) in [5.74, 6) is 0.787. The Morgan fingerprint density at radius 3 is 2.11 bits per heavy atom. The minimum atomic E-state index is 0.787. The molecule has 0 aliphatic rings. The molecule has 0 unspecified atom stereocenters. The van der Waals surface area contributed by atoms with E-state index < -0.39 is 0 Å². The van der Waals surface area contributed by atoms with Gasteiger partial charge in [-0.15, -0.1) is 0 Å². The minimum absolute atomic E-state index is 0.787. The van der Waals surface area contributed by atoms with Gasteiger partial charge in [-0.25, -0.2) is 9.97 Å². The third-order valence-corrected chi connectivity index (χ3v) is 9.07. The van der Waals surface area contributed by atoms with Crippen molar-refractivity contribution in [2.24, 2.45) is 0 Å². The lowest BCUT2D eigenvalue weighted by Crippen LogP contribution is -2.03. The molecule has 214 valence electrons. The van der Waals surface area contributed by atoms with E-state index in [0.717, 1.165) is 77.6 Å². The van der Waals surface area contributed by atoms with Gasteiger partial charge in [0, 0.05) is 39.5 Å². The Morgan fingerprint density at radius 1 is 0.500 bits per heavy atom. The smallest absolute Gasteiger partial charge is 0.165 e. The summed E-state index contributed by atoms with van der Waals surface area (Å²) in [6.45, 7) is 0. The molecule has 10 rings (SSSR count). The molecule has 4 heterocycles. The zero-order chi connectivity index (χ0) is 30.2. The Labute approximate surface area is 263 Å². The number of nitrogens with zero attached hydrogens (tertiary/aromatic N) is 4. The van der Waals surface area contributed by atoms with Crippen molar-refractivity contribution >= 4 is 65.6 Å². The third-order valence-electron chi connectivity index (χ3n) is 9.07. The van der Waals surface area contributed by atoms with E-state index in [2.05, 4.69) is 101 Å². The first kappa shape index (κ1) is 25.0. The zero-order valence-corrected chi connectivity index (χ0v) is 24.6. The van der Waals surface area contributed by atoms with Gasteiger partial charge in [-0.2, -0.15) is 0 Å². The predicted molar refractivity (Wildman–Crippen MR) is 187 cm³/mol. The van der Waals surface area contributed by atoms with Crippen LogP contribution in [0.2, 0.25) is 0 Å². The van der Waals surface area contributed by atoms with E-state index in [1.54, 1.807) is 6.20 Å². The SMILES string of the molecule is c1cncc(-c2ccc(-c3nc4ccccc4nc3-n3c4cc5c(cc4c4c6ccccc6ccc43)oc3ccccc35)cc2)c1. The zero-order valence-electron chi connectivity index (χ0n) is 24.6. The molecule has 0 atom stereocenters. The number of hydrogen-bond acceptors (Lipinski definition) is 4. The maximum absolute atomic E-state index is 6.39. The topological polar surface area (TPSA) is 56.7 Å². The quantitative estimate of drug-likeness (QED) is 0.206. The van der Waals surface area contributed by atoms with Crippen molar-refractivity contribution in [2.45, 2.75) is 0 Å².